The lowest BCUT2D eigenvalue weighted by Gasteiger charge is -2.30. The molecular weight excluding hydrogens is 432 g/mol. The van der Waals surface area contributed by atoms with E-state index in [0.29, 0.717) is 29.1 Å². The smallest absolute Gasteiger partial charge is 0.336 e. The van der Waals surface area contributed by atoms with Crippen molar-refractivity contribution in [2.45, 2.75) is 26.3 Å². The Morgan fingerprint density at radius 3 is 2.44 bits per heavy atom. The minimum absolute atomic E-state index is 0.182. The van der Waals surface area contributed by atoms with Gasteiger partial charge in [0.15, 0.2) is 0 Å². The van der Waals surface area contributed by atoms with E-state index in [0.717, 1.165) is 6.54 Å². The first-order valence-electron chi connectivity index (χ1n) is 10.9. The van der Waals surface area contributed by atoms with Crippen molar-refractivity contribution in [3.8, 4) is 6.07 Å². The fraction of sp³-hybridized carbons (Fsp3) is 0.308. The fourth-order valence-corrected chi connectivity index (χ4v) is 4.01. The van der Waals surface area contributed by atoms with Gasteiger partial charge in [0.1, 0.15) is 18.4 Å². The van der Waals surface area contributed by atoms with E-state index in [1.54, 1.807) is 26.0 Å². The minimum Gasteiger partial charge on any atom is -0.466 e. The summed E-state index contributed by atoms with van der Waals surface area (Å²) in [5, 5.41) is 12.4. The van der Waals surface area contributed by atoms with Crippen LogP contribution in [0.2, 0.25) is 0 Å². The van der Waals surface area contributed by atoms with E-state index in [9.17, 15) is 14.9 Å². The molecule has 1 aromatic heterocycles. The molecular formula is C26H28N4O4. The van der Waals surface area contributed by atoms with E-state index in [4.69, 9.17) is 9.47 Å². The number of hydrogen-bond donors (Lipinski definition) is 1. The second-order valence-corrected chi connectivity index (χ2v) is 8.07. The van der Waals surface area contributed by atoms with Crippen molar-refractivity contribution in [2.24, 2.45) is 0 Å². The number of likely N-dealkylation sites (N-methyl/N-ethyl adjacent to an activating group) is 1. The van der Waals surface area contributed by atoms with E-state index in [1.807, 2.05) is 43.4 Å². The first kappa shape index (κ1) is 24.7. The summed E-state index contributed by atoms with van der Waals surface area (Å²) in [5.74, 6) is -1.85. The molecule has 1 aliphatic heterocycles. The highest BCUT2D eigenvalue weighted by Crippen LogP contribution is 2.39. The number of carbonyl (C=O) groups excluding carboxylic acids is 2. The highest BCUT2D eigenvalue weighted by atomic mass is 16.5. The van der Waals surface area contributed by atoms with Crippen molar-refractivity contribution < 1.29 is 19.1 Å². The Hall–Kier alpha value is -3.96. The second-order valence-electron chi connectivity index (χ2n) is 8.07. The average Bonchev–Trinajstić information content (AvgIpc) is 2.83. The summed E-state index contributed by atoms with van der Waals surface area (Å²) in [6, 6.07) is 15.3. The number of aromatic nitrogens is 1. The van der Waals surface area contributed by atoms with Crippen LogP contribution in [0.4, 0.5) is 0 Å². The number of allylic oxidation sites excluding steroid dienone is 2. The van der Waals surface area contributed by atoms with Crippen molar-refractivity contribution in [3.63, 3.8) is 0 Å². The van der Waals surface area contributed by atoms with Gasteiger partial charge in [-0.1, -0.05) is 30.3 Å². The van der Waals surface area contributed by atoms with E-state index in [2.05, 4.69) is 15.2 Å². The Kier molecular flexibility index (Phi) is 8.17. The highest BCUT2D eigenvalue weighted by molar-refractivity contribution is 5.99. The Bertz CT molecular complexity index is 1160. The predicted molar refractivity (Wildman–Crippen MR) is 126 cm³/mol. The van der Waals surface area contributed by atoms with Crippen LogP contribution in [0.1, 0.15) is 36.6 Å². The molecule has 0 aliphatic carbocycles. The molecule has 0 spiro atoms. The Morgan fingerprint density at radius 1 is 1.12 bits per heavy atom. The van der Waals surface area contributed by atoms with Crippen LogP contribution in [-0.2, 0) is 25.6 Å². The third-order valence-electron chi connectivity index (χ3n) is 5.62. The summed E-state index contributed by atoms with van der Waals surface area (Å²) in [4.78, 5) is 32.0. The van der Waals surface area contributed by atoms with Crippen LogP contribution in [0.15, 0.2) is 71.2 Å². The zero-order chi connectivity index (χ0) is 24.7. The second kappa shape index (κ2) is 11.3. The number of hydrogen-bond acceptors (Lipinski definition) is 8. The van der Waals surface area contributed by atoms with Crippen LogP contribution in [0.5, 0.6) is 0 Å². The summed E-state index contributed by atoms with van der Waals surface area (Å²) < 4.78 is 10.6. The third-order valence-corrected chi connectivity index (χ3v) is 5.62. The van der Waals surface area contributed by atoms with Gasteiger partial charge in [0.25, 0.3) is 0 Å². The molecule has 1 aromatic carbocycles. The van der Waals surface area contributed by atoms with E-state index in [-0.39, 0.29) is 17.9 Å². The van der Waals surface area contributed by atoms with Crippen molar-refractivity contribution in [1.29, 1.82) is 5.26 Å². The lowest BCUT2D eigenvalue weighted by atomic mass is 9.80. The van der Waals surface area contributed by atoms with Gasteiger partial charge in [0, 0.05) is 30.7 Å². The molecule has 2 heterocycles. The van der Waals surface area contributed by atoms with Crippen molar-refractivity contribution >= 4 is 11.9 Å². The van der Waals surface area contributed by atoms with Gasteiger partial charge >= 0.3 is 11.9 Å². The molecule has 0 fully saturated rings. The molecule has 1 aliphatic rings. The molecule has 1 atom stereocenters. The number of esters is 2. The van der Waals surface area contributed by atoms with Crippen molar-refractivity contribution in [2.75, 3.05) is 27.3 Å². The molecule has 0 radical (unpaired) electrons. The predicted octanol–water partition coefficient (Wildman–Crippen LogP) is 3.04. The van der Waals surface area contributed by atoms with Crippen LogP contribution in [0, 0.1) is 11.3 Å². The minimum atomic E-state index is -0.752. The molecule has 34 heavy (non-hydrogen) atoms. The number of benzene rings is 1. The van der Waals surface area contributed by atoms with Gasteiger partial charge in [0.05, 0.1) is 24.2 Å². The number of nitriles is 1. The van der Waals surface area contributed by atoms with Gasteiger partial charge in [-0.05, 0) is 44.2 Å². The van der Waals surface area contributed by atoms with Crippen LogP contribution >= 0.6 is 0 Å². The lowest BCUT2D eigenvalue weighted by Crippen LogP contribution is -2.33. The molecule has 0 saturated carbocycles. The Morgan fingerprint density at radius 2 is 1.79 bits per heavy atom. The number of carbonyl (C=O) groups is 2. The summed E-state index contributed by atoms with van der Waals surface area (Å²) in [6.45, 7) is 4.96. The maximum absolute atomic E-state index is 13.3. The normalized spacial score (nSPS) is 15.6. The quantitative estimate of drug-likeness (QED) is 0.600. The monoisotopic (exact) mass is 460 g/mol. The molecule has 1 N–H and O–H groups in total. The van der Waals surface area contributed by atoms with E-state index >= 15 is 0 Å². The van der Waals surface area contributed by atoms with Crippen LogP contribution in [0.3, 0.4) is 0 Å². The largest absolute Gasteiger partial charge is 0.466 e. The standard InChI is InChI=1S/C26H28N4O4/c1-17-22(25(31)33-4)24(20-10-11-28-21(14-20)15-27)23(18(2)29-17)26(32)34-13-12-30(3)16-19-8-6-5-7-9-19/h5-11,14,24,29H,12-13,16H2,1-4H3. The number of dihydropyridines is 1. The Balaban J connectivity index is 1.82. The molecule has 3 rings (SSSR count). The van der Waals surface area contributed by atoms with E-state index < -0.39 is 17.9 Å². The molecule has 0 bridgehead atoms. The van der Waals surface area contributed by atoms with Gasteiger partial charge in [-0.3, -0.25) is 4.90 Å². The topological polar surface area (TPSA) is 105 Å². The SMILES string of the molecule is COC(=O)C1=C(C)NC(C)=C(C(=O)OCCN(C)Cc2ccccc2)C1c1ccnc(C#N)c1. The molecule has 176 valence electrons. The van der Waals surface area contributed by atoms with E-state index in [1.165, 1.54) is 18.9 Å². The average molecular weight is 461 g/mol. The maximum atomic E-state index is 13.3. The number of methoxy groups -OCH3 is 1. The summed E-state index contributed by atoms with van der Waals surface area (Å²) >= 11 is 0. The number of nitrogens with one attached hydrogen (secondary N) is 1. The van der Waals surface area contributed by atoms with Crippen LogP contribution < -0.4 is 5.32 Å². The zero-order valence-electron chi connectivity index (χ0n) is 19.8. The van der Waals surface area contributed by atoms with Gasteiger partial charge in [0.2, 0.25) is 0 Å². The summed E-state index contributed by atoms with van der Waals surface area (Å²) in [7, 11) is 3.25. The zero-order valence-corrected chi connectivity index (χ0v) is 19.8. The molecule has 8 nitrogen and oxygen atoms in total. The molecule has 2 aromatic rings. The number of pyridine rings is 1. The lowest BCUT2D eigenvalue weighted by molar-refractivity contribution is -0.139. The van der Waals surface area contributed by atoms with Gasteiger partial charge in [-0.2, -0.15) is 5.26 Å². The molecule has 0 saturated heterocycles. The van der Waals surface area contributed by atoms with Crippen molar-refractivity contribution in [3.05, 3.63) is 88.0 Å². The number of rotatable bonds is 8. The summed E-state index contributed by atoms with van der Waals surface area (Å²) in [5.41, 5.74) is 3.67. The first-order chi connectivity index (χ1) is 16.3. The molecule has 8 heteroatoms. The van der Waals surface area contributed by atoms with Gasteiger partial charge < -0.3 is 14.8 Å². The summed E-state index contributed by atoms with van der Waals surface area (Å²) in [6.07, 6.45) is 1.48. The number of ether oxygens (including phenoxy) is 2. The first-order valence-corrected chi connectivity index (χ1v) is 10.9. The number of nitrogens with zero attached hydrogens (tertiary/aromatic N) is 3. The van der Waals surface area contributed by atoms with Crippen molar-refractivity contribution in [1.82, 2.24) is 15.2 Å². The third kappa shape index (κ3) is 5.69. The fourth-order valence-electron chi connectivity index (χ4n) is 4.01. The van der Waals surface area contributed by atoms with Crippen LogP contribution in [-0.4, -0.2) is 49.1 Å². The maximum Gasteiger partial charge on any atom is 0.336 e. The molecule has 1 unspecified atom stereocenters. The van der Waals surface area contributed by atoms with Crippen LogP contribution in [0.25, 0.3) is 0 Å². The van der Waals surface area contributed by atoms with Gasteiger partial charge in [-0.25, -0.2) is 14.6 Å². The molecule has 0 amide bonds. The highest BCUT2D eigenvalue weighted by Gasteiger charge is 2.38. The Labute approximate surface area is 199 Å². The van der Waals surface area contributed by atoms with Gasteiger partial charge in [-0.15, -0.1) is 0 Å².